The molecule has 0 saturated carbocycles. The second-order valence-electron chi connectivity index (χ2n) is 8.27. The lowest BCUT2D eigenvalue weighted by molar-refractivity contribution is -0.117. The smallest absolute Gasteiger partial charge is 0.219 e. The number of carbonyl (C=O) groups is 1. The number of hydrogen-bond donors (Lipinski definition) is 0. The number of pyridine rings is 1. The highest BCUT2D eigenvalue weighted by atomic mass is 35.5. The summed E-state index contributed by atoms with van der Waals surface area (Å²) >= 11 is 8.19. The van der Waals surface area contributed by atoms with Gasteiger partial charge in [-0.2, -0.15) is 0 Å². The van der Waals surface area contributed by atoms with Crippen LogP contribution < -0.4 is 4.74 Å². The Morgan fingerprint density at radius 1 is 1.28 bits per heavy atom. The fourth-order valence-electron chi connectivity index (χ4n) is 2.80. The summed E-state index contributed by atoms with van der Waals surface area (Å²) in [6.45, 7) is 10.0. The van der Waals surface area contributed by atoms with Gasteiger partial charge in [0.05, 0.1) is 15.2 Å². The van der Waals surface area contributed by atoms with Gasteiger partial charge < -0.3 is 9.53 Å². The molecule has 0 spiro atoms. The molecule has 0 aliphatic rings. The molecule has 0 amide bonds. The standard InChI is InChI=1S/C23H25ClN2O2S/c1-14(12-15(2)27)6-7-16-8-11-19(25-13-16)28-18-10-9-17-21(20(18)24)29-22(26-17)23(3,4)5/h6-11,13-14H,12H2,1-5H3/b7-6+/t14-/m0/s1. The lowest BCUT2D eigenvalue weighted by Gasteiger charge is -2.13. The minimum Gasteiger partial charge on any atom is -0.437 e. The topological polar surface area (TPSA) is 52.1 Å². The van der Waals surface area contributed by atoms with Crippen LogP contribution in [-0.2, 0) is 10.2 Å². The SMILES string of the molecule is CC(=O)C[C@@H](C)/C=C/c1ccc(Oc2ccc3nc(C(C)(C)C)sc3c2Cl)nc1. The molecule has 3 aromatic rings. The average molecular weight is 429 g/mol. The molecule has 152 valence electrons. The van der Waals surface area contributed by atoms with E-state index in [1.165, 1.54) is 0 Å². The Morgan fingerprint density at radius 2 is 2.03 bits per heavy atom. The second-order valence-corrected chi connectivity index (χ2v) is 9.65. The van der Waals surface area contributed by atoms with Gasteiger partial charge in [-0.1, -0.05) is 51.4 Å². The minimum atomic E-state index is -0.0269. The highest BCUT2D eigenvalue weighted by Gasteiger charge is 2.21. The molecule has 4 nitrogen and oxygen atoms in total. The first-order valence-corrected chi connectivity index (χ1v) is 10.7. The number of ether oxygens (including phenoxy) is 1. The summed E-state index contributed by atoms with van der Waals surface area (Å²) in [6.07, 6.45) is 6.26. The van der Waals surface area contributed by atoms with Gasteiger partial charge in [0.25, 0.3) is 0 Å². The molecular formula is C23H25ClN2O2S. The third-order valence-electron chi connectivity index (χ3n) is 4.30. The lowest BCUT2D eigenvalue weighted by Crippen LogP contribution is -2.09. The van der Waals surface area contributed by atoms with E-state index in [1.807, 2.05) is 43.3 Å². The first-order valence-electron chi connectivity index (χ1n) is 9.54. The van der Waals surface area contributed by atoms with E-state index in [1.54, 1.807) is 24.5 Å². The zero-order valence-electron chi connectivity index (χ0n) is 17.3. The fraction of sp³-hybridized carbons (Fsp3) is 0.348. The van der Waals surface area contributed by atoms with Gasteiger partial charge in [-0.15, -0.1) is 11.3 Å². The molecule has 2 aromatic heterocycles. The third-order valence-corrected chi connectivity index (χ3v) is 6.31. The van der Waals surface area contributed by atoms with Crippen LogP contribution in [0.2, 0.25) is 5.02 Å². The van der Waals surface area contributed by atoms with Crippen molar-refractivity contribution in [3.05, 3.63) is 52.1 Å². The lowest BCUT2D eigenvalue weighted by atomic mass is 9.98. The summed E-state index contributed by atoms with van der Waals surface area (Å²) in [7, 11) is 0. The number of rotatable bonds is 6. The van der Waals surface area contributed by atoms with Gasteiger partial charge >= 0.3 is 0 Å². The zero-order chi connectivity index (χ0) is 21.2. The number of Topliss-reactive ketones (excluding diaryl/α,β-unsaturated/α-hetero) is 1. The van der Waals surface area contributed by atoms with Gasteiger partial charge in [-0.3, -0.25) is 0 Å². The van der Waals surface area contributed by atoms with Crippen molar-refractivity contribution in [3.63, 3.8) is 0 Å². The second kappa shape index (κ2) is 8.64. The summed E-state index contributed by atoms with van der Waals surface area (Å²) in [4.78, 5) is 20.2. The van der Waals surface area contributed by atoms with Crippen LogP contribution in [0.3, 0.4) is 0 Å². The molecule has 0 radical (unpaired) electrons. The maximum Gasteiger partial charge on any atom is 0.219 e. The molecule has 0 aliphatic carbocycles. The van der Waals surface area contributed by atoms with Crippen LogP contribution in [0.25, 0.3) is 16.3 Å². The van der Waals surface area contributed by atoms with Crippen LogP contribution in [0.1, 0.15) is 51.6 Å². The van der Waals surface area contributed by atoms with Crippen molar-refractivity contribution in [3.8, 4) is 11.6 Å². The van der Waals surface area contributed by atoms with Crippen LogP contribution in [0.15, 0.2) is 36.5 Å². The van der Waals surface area contributed by atoms with Crippen LogP contribution in [0, 0.1) is 5.92 Å². The molecule has 0 unspecified atom stereocenters. The van der Waals surface area contributed by atoms with Crippen molar-refractivity contribution < 1.29 is 9.53 Å². The summed E-state index contributed by atoms with van der Waals surface area (Å²) in [5, 5.41) is 1.60. The van der Waals surface area contributed by atoms with Crippen molar-refractivity contribution >= 4 is 45.0 Å². The molecule has 3 rings (SSSR count). The first-order chi connectivity index (χ1) is 13.6. The summed E-state index contributed by atoms with van der Waals surface area (Å²) in [5.41, 5.74) is 1.80. The van der Waals surface area contributed by atoms with Gasteiger partial charge in [0, 0.05) is 24.1 Å². The minimum absolute atomic E-state index is 0.0269. The van der Waals surface area contributed by atoms with Crippen molar-refractivity contribution in [1.82, 2.24) is 9.97 Å². The monoisotopic (exact) mass is 428 g/mol. The summed E-state index contributed by atoms with van der Waals surface area (Å²) in [6, 6.07) is 7.49. The number of fused-ring (bicyclic) bond motifs is 1. The maximum atomic E-state index is 11.2. The Kier molecular flexibility index (Phi) is 6.39. The Hall–Kier alpha value is -2.24. The van der Waals surface area contributed by atoms with Crippen LogP contribution in [-0.4, -0.2) is 15.8 Å². The van der Waals surface area contributed by atoms with Gasteiger partial charge in [0.2, 0.25) is 5.88 Å². The number of thiazole rings is 1. The van der Waals surface area contributed by atoms with E-state index < -0.39 is 0 Å². The van der Waals surface area contributed by atoms with E-state index in [-0.39, 0.29) is 17.1 Å². The van der Waals surface area contributed by atoms with Crippen LogP contribution in [0.4, 0.5) is 0 Å². The number of allylic oxidation sites excluding steroid dienone is 1. The van der Waals surface area contributed by atoms with E-state index in [4.69, 9.17) is 21.3 Å². The molecule has 1 aromatic carbocycles. The Morgan fingerprint density at radius 3 is 2.66 bits per heavy atom. The van der Waals surface area contributed by atoms with Crippen molar-refractivity contribution in [1.29, 1.82) is 0 Å². The van der Waals surface area contributed by atoms with Gasteiger partial charge in [-0.05, 0) is 36.6 Å². The van der Waals surface area contributed by atoms with Crippen LogP contribution >= 0.6 is 22.9 Å². The van der Waals surface area contributed by atoms with Gasteiger partial charge in [-0.25, -0.2) is 9.97 Å². The molecule has 0 N–H and O–H groups in total. The van der Waals surface area contributed by atoms with E-state index in [0.717, 1.165) is 20.8 Å². The third kappa shape index (κ3) is 5.43. The van der Waals surface area contributed by atoms with E-state index in [0.29, 0.717) is 23.1 Å². The Balaban J connectivity index is 1.76. The quantitative estimate of drug-likeness (QED) is 0.421. The number of benzene rings is 1. The molecule has 6 heteroatoms. The van der Waals surface area contributed by atoms with E-state index in [9.17, 15) is 4.79 Å². The Labute approximate surface area is 180 Å². The van der Waals surface area contributed by atoms with Crippen molar-refractivity contribution in [2.75, 3.05) is 0 Å². The number of carbonyl (C=O) groups excluding carboxylic acids is 1. The molecule has 1 atom stereocenters. The molecule has 0 fully saturated rings. The summed E-state index contributed by atoms with van der Waals surface area (Å²) in [5.74, 6) is 1.43. The van der Waals surface area contributed by atoms with Crippen molar-refractivity contribution in [2.45, 2.75) is 46.5 Å². The zero-order valence-corrected chi connectivity index (χ0v) is 18.9. The average Bonchev–Trinajstić information content (AvgIpc) is 3.08. The highest BCUT2D eigenvalue weighted by molar-refractivity contribution is 7.19. The van der Waals surface area contributed by atoms with E-state index >= 15 is 0 Å². The number of aromatic nitrogens is 2. The van der Waals surface area contributed by atoms with Gasteiger partial charge in [0.15, 0.2) is 0 Å². The molecule has 29 heavy (non-hydrogen) atoms. The number of nitrogens with zero attached hydrogens (tertiary/aromatic N) is 2. The van der Waals surface area contributed by atoms with Crippen LogP contribution in [0.5, 0.6) is 11.6 Å². The van der Waals surface area contributed by atoms with Gasteiger partial charge in [0.1, 0.15) is 16.6 Å². The predicted octanol–water partition coefficient (Wildman–Crippen LogP) is 7.06. The maximum absolute atomic E-state index is 11.2. The number of ketones is 1. The van der Waals surface area contributed by atoms with Crippen molar-refractivity contribution in [2.24, 2.45) is 5.92 Å². The molecule has 2 heterocycles. The molecular weight excluding hydrogens is 404 g/mol. The number of halogens is 1. The number of hydrogen-bond acceptors (Lipinski definition) is 5. The normalized spacial score (nSPS) is 13.2. The summed E-state index contributed by atoms with van der Waals surface area (Å²) < 4.78 is 6.84. The fourth-order valence-corrected chi connectivity index (χ4v) is 4.17. The Bertz CT molecular complexity index is 1050. The highest BCUT2D eigenvalue weighted by Crippen LogP contribution is 2.40. The molecule has 0 aliphatic heterocycles. The predicted molar refractivity (Wildman–Crippen MR) is 121 cm³/mol. The largest absolute Gasteiger partial charge is 0.437 e. The first kappa shape index (κ1) is 21.5. The molecule has 0 bridgehead atoms. The van der Waals surface area contributed by atoms with E-state index in [2.05, 4.69) is 25.8 Å². The molecule has 0 saturated heterocycles.